The zero-order valence-corrected chi connectivity index (χ0v) is 16.3. The molecule has 1 atom stereocenters. The second-order valence-electron chi connectivity index (χ2n) is 7.58. The molecule has 1 saturated carbocycles. The molecule has 5 rings (SSSR count). The summed E-state index contributed by atoms with van der Waals surface area (Å²) in [6.45, 7) is 6.33. The number of aromatic nitrogens is 3. The highest BCUT2D eigenvalue weighted by Gasteiger charge is 2.33. The zero-order valence-electron chi connectivity index (χ0n) is 14.8. The molecule has 0 spiro atoms. The van der Waals surface area contributed by atoms with Crippen molar-refractivity contribution in [2.45, 2.75) is 39.3 Å². The van der Waals surface area contributed by atoms with E-state index in [-0.39, 0.29) is 0 Å². The Hall–Kier alpha value is -1.78. The minimum absolute atomic E-state index is 0.418. The molecule has 0 amide bonds. The van der Waals surface area contributed by atoms with E-state index >= 15 is 0 Å². The third kappa shape index (κ3) is 2.58. The third-order valence-electron chi connectivity index (χ3n) is 5.42. The maximum Gasteiger partial charge on any atom is 0.120 e. The van der Waals surface area contributed by atoms with E-state index in [0.717, 1.165) is 47.0 Å². The van der Waals surface area contributed by atoms with Gasteiger partial charge in [0, 0.05) is 28.9 Å². The average molecular weight is 387 g/mol. The van der Waals surface area contributed by atoms with Gasteiger partial charge in [-0.2, -0.15) is 5.10 Å². The summed E-state index contributed by atoms with van der Waals surface area (Å²) in [5.41, 5.74) is 6.03. The molecule has 0 N–H and O–H groups in total. The molecule has 1 aromatic carbocycles. The van der Waals surface area contributed by atoms with Crippen LogP contribution in [0.3, 0.4) is 0 Å². The summed E-state index contributed by atoms with van der Waals surface area (Å²) in [5, 5.41) is 6.13. The van der Waals surface area contributed by atoms with Crippen LogP contribution in [0.1, 0.15) is 25.5 Å². The van der Waals surface area contributed by atoms with E-state index in [4.69, 9.17) is 33.3 Å². The van der Waals surface area contributed by atoms with E-state index in [1.165, 1.54) is 18.5 Å². The van der Waals surface area contributed by atoms with Gasteiger partial charge in [-0.1, -0.05) is 23.2 Å². The summed E-state index contributed by atoms with van der Waals surface area (Å²) in [6.07, 6.45) is 2.70. The van der Waals surface area contributed by atoms with Gasteiger partial charge in [0.15, 0.2) is 0 Å². The fraction of sp³-hybridized carbons (Fsp3) is 0.400. The zero-order chi connectivity index (χ0) is 18.0. The molecule has 26 heavy (non-hydrogen) atoms. The van der Waals surface area contributed by atoms with E-state index in [9.17, 15) is 0 Å². The molecule has 4 nitrogen and oxygen atoms in total. The molecular formula is C20H20Cl2N4. The Balaban J connectivity index is 1.74. The second kappa shape index (κ2) is 5.86. The summed E-state index contributed by atoms with van der Waals surface area (Å²) in [6, 6.07) is 8.17. The van der Waals surface area contributed by atoms with Crippen LogP contribution in [-0.4, -0.2) is 27.4 Å². The van der Waals surface area contributed by atoms with Gasteiger partial charge >= 0.3 is 0 Å². The van der Waals surface area contributed by atoms with Crippen molar-refractivity contribution in [3.63, 3.8) is 0 Å². The summed E-state index contributed by atoms with van der Waals surface area (Å²) < 4.78 is 2.10. The predicted octanol–water partition coefficient (Wildman–Crippen LogP) is 5.33. The largest absolute Gasteiger partial charge is 0.365 e. The summed E-state index contributed by atoms with van der Waals surface area (Å²) in [4.78, 5) is 7.38. The van der Waals surface area contributed by atoms with Crippen molar-refractivity contribution in [3.05, 3.63) is 40.0 Å². The van der Waals surface area contributed by atoms with Crippen LogP contribution in [-0.2, 0) is 6.54 Å². The highest BCUT2D eigenvalue weighted by atomic mass is 35.5. The van der Waals surface area contributed by atoms with E-state index in [1.54, 1.807) is 6.07 Å². The lowest BCUT2D eigenvalue weighted by Gasteiger charge is -2.36. The molecule has 2 aliphatic rings. The standard InChI is InChI=1S/C20H20Cl2N4/c1-11-7-17-20-19(23-11)18(15-6-5-14(21)8-16(15)22)24-26(20)9-12(2)25(17)10-13-3-4-13/h5-8,12-13H,3-4,9-10H2,1-2H3/t12-/m0/s1. The average Bonchev–Trinajstić information content (AvgIpc) is 3.33. The maximum atomic E-state index is 6.47. The van der Waals surface area contributed by atoms with Crippen molar-refractivity contribution in [1.29, 1.82) is 0 Å². The van der Waals surface area contributed by atoms with Crippen molar-refractivity contribution < 1.29 is 0 Å². The van der Waals surface area contributed by atoms with Crippen LogP contribution < -0.4 is 4.90 Å². The highest BCUT2D eigenvalue weighted by Crippen LogP contribution is 2.41. The van der Waals surface area contributed by atoms with Crippen molar-refractivity contribution in [3.8, 4) is 11.3 Å². The van der Waals surface area contributed by atoms with E-state index in [0.29, 0.717) is 16.1 Å². The highest BCUT2D eigenvalue weighted by molar-refractivity contribution is 6.36. The lowest BCUT2D eigenvalue weighted by Crippen LogP contribution is -2.41. The molecule has 0 unspecified atom stereocenters. The fourth-order valence-electron chi connectivity index (χ4n) is 3.94. The Bertz CT molecular complexity index is 1020. The minimum atomic E-state index is 0.418. The Labute approximate surface area is 162 Å². The molecule has 0 saturated heterocycles. The van der Waals surface area contributed by atoms with Crippen LogP contribution in [0.4, 0.5) is 5.69 Å². The van der Waals surface area contributed by atoms with Crippen LogP contribution in [0, 0.1) is 12.8 Å². The number of aryl methyl sites for hydroxylation is 1. The van der Waals surface area contributed by atoms with Gasteiger partial charge in [0.25, 0.3) is 0 Å². The molecule has 134 valence electrons. The van der Waals surface area contributed by atoms with E-state index < -0.39 is 0 Å². The van der Waals surface area contributed by atoms with Crippen molar-refractivity contribution in [1.82, 2.24) is 14.8 Å². The quantitative estimate of drug-likeness (QED) is 0.609. The van der Waals surface area contributed by atoms with Crippen LogP contribution in [0.25, 0.3) is 22.3 Å². The lowest BCUT2D eigenvalue weighted by molar-refractivity contribution is 0.488. The lowest BCUT2D eigenvalue weighted by atomic mass is 10.1. The Morgan fingerprint density at radius 3 is 2.73 bits per heavy atom. The van der Waals surface area contributed by atoms with Gasteiger partial charge in [0.2, 0.25) is 0 Å². The number of anilines is 1. The number of rotatable bonds is 3. The molecule has 2 aromatic heterocycles. The first-order valence-electron chi connectivity index (χ1n) is 9.11. The molecule has 3 aromatic rings. The Morgan fingerprint density at radius 1 is 1.19 bits per heavy atom. The van der Waals surface area contributed by atoms with Crippen molar-refractivity contribution in [2.75, 3.05) is 11.4 Å². The van der Waals surface area contributed by atoms with Gasteiger partial charge < -0.3 is 4.90 Å². The van der Waals surface area contributed by atoms with Crippen LogP contribution in [0.15, 0.2) is 24.3 Å². The first kappa shape index (κ1) is 16.4. The summed E-state index contributed by atoms with van der Waals surface area (Å²) in [7, 11) is 0. The third-order valence-corrected chi connectivity index (χ3v) is 5.97. The first-order chi connectivity index (χ1) is 12.5. The Kier molecular flexibility index (Phi) is 3.70. The first-order valence-corrected chi connectivity index (χ1v) is 9.87. The number of benzene rings is 1. The monoisotopic (exact) mass is 386 g/mol. The predicted molar refractivity (Wildman–Crippen MR) is 107 cm³/mol. The topological polar surface area (TPSA) is 34.0 Å². The molecule has 6 heteroatoms. The summed E-state index contributed by atoms with van der Waals surface area (Å²) in [5.74, 6) is 0.834. The molecule has 0 radical (unpaired) electrons. The smallest absolute Gasteiger partial charge is 0.120 e. The number of nitrogens with zero attached hydrogens (tertiary/aromatic N) is 4. The molecule has 1 fully saturated rings. The van der Waals surface area contributed by atoms with Crippen LogP contribution in [0.2, 0.25) is 10.0 Å². The number of pyridine rings is 1. The van der Waals surface area contributed by atoms with E-state index in [1.807, 2.05) is 12.1 Å². The van der Waals surface area contributed by atoms with E-state index in [2.05, 4.69) is 29.5 Å². The van der Waals surface area contributed by atoms with Gasteiger partial charge in [-0.05, 0) is 56.9 Å². The molecule has 0 bridgehead atoms. The number of hydrogen-bond acceptors (Lipinski definition) is 3. The number of halogens is 2. The van der Waals surface area contributed by atoms with Gasteiger partial charge in [-0.15, -0.1) is 0 Å². The van der Waals surface area contributed by atoms with Crippen LogP contribution >= 0.6 is 23.2 Å². The van der Waals surface area contributed by atoms with Gasteiger partial charge in [0.1, 0.15) is 16.7 Å². The Morgan fingerprint density at radius 2 is 2.00 bits per heavy atom. The van der Waals surface area contributed by atoms with Gasteiger partial charge in [0.05, 0.1) is 17.3 Å². The fourth-order valence-corrected chi connectivity index (χ4v) is 4.44. The SMILES string of the molecule is Cc1cc2c3c(n1)c(-c1ccc(Cl)cc1Cl)nn3C[C@H](C)N2CC1CC1. The molecule has 1 aliphatic carbocycles. The molecular weight excluding hydrogens is 367 g/mol. The van der Waals surface area contributed by atoms with Crippen molar-refractivity contribution >= 4 is 39.9 Å². The molecule has 1 aliphatic heterocycles. The minimum Gasteiger partial charge on any atom is -0.365 e. The van der Waals surface area contributed by atoms with Gasteiger partial charge in [-0.25, -0.2) is 4.98 Å². The van der Waals surface area contributed by atoms with Crippen molar-refractivity contribution in [2.24, 2.45) is 5.92 Å². The van der Waals surface area contributed by atoms with Gasteiger partial charge in [-0.3, -0.25) is 4.68 Å². The molecule has 3 heterocycles. The second-order valence-corrected chi connectivity index (χ2v) is 8.42. The number of hydrogen-bond donors (Lipinski definition) is 0. The maximum absolute atomic E-state index is 6.47. The van der Waals surface area contributed by atoms with Crippen LogP contribution in [0.5, 0.6) is 0 Å². The summed E-state index contributed by atoms with van der Waals surface area (Å²) >= 11 is 12.6. The normalized spacial score (nSPS) is 19.4.